The van der Waals surface area contributed by atoms with Crippen LogP contribution in [-0.2, 0) is 10.0 Å². The van der Waals surface area contributed by atoms with Crippen LogP contribution in [0.25, 0.3) is 0 Å². The van der Waals surface area contributed by atoms with E-state index in [9.17, 15) is 12.8 Å². The van der Waals surface area contributed by atoms with E-state index in [2.05, 4.69) is 15.9 Å². The monoisotopic (exact) mass is 378 g/mol. The average Bonchev–Trinajstić information content (AvgIpc) is 2.37. The number of nitrogens with two attached hydrogens (primary N) is 1. The predicted octanol–water partition coefficient (Wildman–Crippen LogP) is 2.65. The van der Waals surface area contributed by atoms with Crippen molar-refractivity contribution in [3.05, 3.63) is 34.1 Å². The highest BCUT2D eigenvalue weighted by Crippen LogP contribution is 2.31. The first kappa shape index (κ1) is 16.9. The molecule has 0 aliphatic carbocycles. The van der Waals surface area contributed by atoms with Gasteiger partial charge in [-0.15, -0.1) is 0 Å². The molecule has 0 aromatic heterocycles. The van der Waals surface area contributed by atoms with Crippen molar-refractivity contribution in [2.75, 3.05) is 19.3 Å². The molecule has 0 spiro atoms. The first-order valence-corrected chi connectivity index (χ1v) is 9.57. The van der Waals surface area contributed by atoms with Gasteiger partial charge in [0.25, 0.3) is 0 Å². The molecule has 2 rings (SSSR count). The van der Waals surface area contributed by atoms with E-state index >= 15 is 0 Å². The van der Waals surface area contributed by atoms with Crippen molar-refractivity contribution in [1.29, 1.82) is 0 Å². The minimum atomic E-state index is -3.17. The smallest absolute Gasteiger partial charge is 0.211 e. The Hall–Kier alpha value is -0.500. The average molecular weight is 379 g/mol. The number of hydrogen-bond acceptors (Lipinski definition) is 3. The summed E-state index contributed by atoms with van der Waals surface area (Å²) < 4.78 is 39.3. The fourth-order valence-electron chi connectivity index (χ4n) is 2.86. The SMILES string of the molecule is CS(=O)(=O)N1CCCC(CC(N)c2c(F)cccc2Br)C1. The Kier molecular flexibility index (Phi) is 5.40. The van der Waals surface area contributed by atoms with Gasteiger partial charge < -0.3 is 5.73 Å². The maximum absolute atomic E-state index is 13.9. The molecule has 2 N–H and O–H groups in total. The number of rotatable bonds is 4. The van der Waals surface area contributed by atoms with Crippen molar-refractivity contribution in [3.8, 4) is 0 Å². The molecule has 2 atom stereocenters. The Balaban J connectivity index is 2.07. The third-order valence-electron chi connectivity index (χ3n) is 3.91. The molecule has 1 fully saturated rings. The summed E-state index contributed by atoms with van der Waals surface area (Å²) in [6.07, 6.45) is 3.54. The molecule has 7 heteroatoms. The third-order valence-corrected chi connectivity index (χ3v) is 5.87. The fraction of sp³-hybridized carbons (Fsp3) is 0.571. The second kappa shape index (κ2) is 6.73. The topological polar surface area (TPSA) is 63.4 Å². The van der Waals surface area contributed by atoms with Gasteiger partial charge in [0.05, 0.1) is 6.26 Å². The molecule has 21 heavy (non-hydrogen) atoms. The largest absolute Gasteiger partial charge is 0.324 e. The Morgan fingerprint density at radius 2 is 2.24 bits per heavy atom. The summed E-state index contributed by atoms with van der Waals surface area (Å²) in [5.41, 5.74) is 6.61. The number of benzene rings is 1. The Morgan fingerprint density at radius 1 is 1.52 bits per heavy atom. The summed E-state index contributed by atoms with van der Waals surface area (Å²) in [6.45, 7) is 1.03. The molecular weight excluding hydrogens is 359 g/mol. The van der Waals surface area contributed by atoms with E-state index in [0.29, 0.717) is 29.5 Å². The van der Waals surface area contributed by atoms with Gasteiger partial charge in [-0.25, -0.2) is 17.1 Å². The van der Waals surface area contributed by atoms with Crippen molar-refractivity contribution in [3.63, 3.8) is 0 Å². The lowest BCUT2D eigenvalue weighted by molar-refractivity contribution is 0.246. The lowest BCUT2D eigenvalue weighted by Gasteiger charge is -2.32. The van der Waals surface area contributed by atoms with Gasteiger partial charge in [-0.2, -0.15) is 0 Å². The standard InChI is InChI=1S/C14H20BrFN2O2S/c1-21(19,20)18-7-3-4-10(9-18)8-13(17)14-11(15)5-2-6-12(14)16/h2,5-6,10,13H,3-4,7-9,17H2,1H3. The molecule has 0 saturated carbocycles. The van der Waals surface area contributed by atoms with Crippen LogP contribution in [0.5, 0.6) is 0 Å². The van der Waals surface area contributed by atoms with Gasteiger partial charge in [-0.1, -0.05) is 22.0 Å². The lowest BCUT2D eigenvalue weighted by Crippen LogP contribution is -2.40. The first-order valence-electron chi connectivity index (χ1n) is 6.93. The van der Waals surface area contributed by atoms with Crippen molar-refractivity contribution in [1.82, 2.24) is 4.31 Å². The highest BCUT2D eigenvalue weighted by Gasteiger charge is 2.28. The van der Waals surface area contributed by atoms with Crippen molar-refractivity contribution < 1.29 is 12.8 Å². The molecule has 4 nitrogen and oxygen atoms in total. The number of piperidine rings is 1. The quantitative estimate of drug-likeness (QED) is 0.875. The summed E-state index contributed by atoms with van der Waals surface area (Å²) in [7, 11) is -3.17. The molecule has 0 radical (unpaired) electrons. The zero-order valence-electron chi connectivity index (χ0n) is 11.9. The molecule has 1 aliphatic heterocycles. The Bertz CT molecular complexity index is 589. The second-order valence-electron chi connectivity index (χ2n) is 5.61. The number of halogens is 2. The third kappa shape index (κ3) is 4.25. The molecule has 0 amide bonds. The highest BCUT2D eigenvalue weighted by molar-refractivity contribution is 9.10. The molecule has 1 aliphatic rings. The highest BCUT2D eigenvalue weighted by atomic mass is 79.9. The molecule has 1 aromatic carbocycles. The van der Waals surface area contributed by atoms with E-state index in [0.717, 1.165) is 12.8 Å². The summed E-state index contributed by atoms with van der Waals surface area (Å²) in [6, 6.07) is 4.35. The van der Waals surface area contributed by atoms with Gasteiger partial charge in [0.1, 0.15) is 5.82 Å². The van der Waals surface area contributed by atoms with Crippen LogP contribution in [0.3, 0.4) is 0 Å². The predicted molar refractivity (Wildman–Crippen MR) is 84.8 cm³/mol. The van der Waals surface area contributed by atoms with Crippen LogP contribution in [0.4, 0.5) is 4.39 Å². The molecule has 1 saturated heterocycles. The van der Waals surface area contributed by atoms with Gasteiger partial charge in [0.2, 0.25) is 10.0 Å². The molecule has 1 heterocycles. The van der Waals surface area contributed by atoms with Gasteiger partial charge in [0.15, 0.2) is 0 Å². The maximum Gasteiger partial charge on any atom is 0.211 e. The minimum absolute atomic E-state index is 0.162. The van der Waals surface area contributed by atoms with E-state index < -0.39 is 16.1 Å². The number of hydrogen-bond donors (Lipinski definition) is 1. The van der Waals surface area contributed by atoms with E-state index in [-0.39, 0.29) is 11.7 Å². The Morgan fingerprint density at radius 3 is 2.86 bits per heavy atom. The van der Waals surface area contributed by atoms with Gasteiger partial charge in [-0.3, -0.25) is 0 Å². The molecule has 1 aromatic rings. The second-order valence-corrected chi connectivity index (χ2v) is 8.44. The fourth-order valence-corrected chi connectivity index (χ4v) is 4.44. The van der Waals surface area contributed by atoms with Crippen LogP contribution in [0, 0.1) is 11.7 Å². The lowest BCUT2D eigenvalue weighted by atomic mass is 9.90. The van der Waals surface area contributed by atoms with Crippen LogP contribution in [-0.4, -0.2) is 32.1 Å². The number of nitrogens with zero attached hydrogens (tertiary/aromatic N) is 1. The van der Waals surface area contributed by atoms with E-state index in [4.69, 9.17) is 5.73 Å². The minimum Gasteiger partial charge on any atom is -0.324 e. The zero-order chi connectivity index (χ0) is 15.6. The first-order chi connectivity index (χ1) is 9.79. The van der Waals surface area contributed by atoms with E-state index in [1.165, 1.54) is 16.6 Å². The van der Waals surface area contributed by atoms with Gasteiger partial charge >= 0.3 is 0 Å². The molecule has 2 unspecified atom stereocenters. The van der Waals surface area contributed by atoms with Crippen molar-refractivity contribution >= 4 is 26.0 Å². The van der Waals surface area contributed by atoms with Crippen LogP contribution < -0.4 is 5.73 Å². The van der Waals surface area contributed by atoms with Gasteiger partial charge in [-0.05, 0) is 37.3 Å². The van der Waals surface area contributed by atoms with Crippen molar-refractivity contribution in [2.45, 2.75) is 25.3 Å². The molecular formula is C14H20BrFN2O2S. The van der Waals surface area contributed by atoms with E-state index in [1.807, 2.05) is 0 Å². The summed E-state index contributed by atoms with van der Waals surface area (Å²) in [4.78, 5) is 0. The maximum atomic E-state index is 13.9. The summed E-state index contributed by atoms with van der Waals surface area (Å²) >= 11 is 3.33. The molecule has 118 valence electrons. The van der Waals surface area contributed by atoms with Crippen LogP contribution >= 0.6 is 15.9 Å². The number of sulfonamides is 1. The molecule has 0 bridgehead atoms. The Labute approximate surface area is 133 Å². The van der Waals surface area contributed by atoms with Crippen LogP contribution in [0.1, 0.15) is 30.9 Å². The summed E-state index contributed by atoms with van der Waals surface area (Å²) in [5, 5.41) is 0. The van der Waals surface area contributed by atoms with Crippen molar-refractivity contribution in [2.24, 2.45) is 11.7 Å². The summed E-state index contributed by atoms with van der Waals surface area (Å²) in [5.74, 6) is -0.164. The van der Waals surface area contributed by atoms with Gasteiger partial charge in [0, 0.05) is 29.2 Å². The van der Waals surface area contributed by atoms with Crippen LogP contribution in [0.15, 0.2) is 22.7 Å². The normalized spacial score (nSPS) is 22.2. The van der Waals surface area contributed by atoms with Crippen LogP contribution in [0.2, 0.25) is 0 Å². The zero-order valence-corrected chi connectivity index (χ0v) is 14.3. The van der Waals surface area contributed by atoms with E-state index in [1.54, 1.807) is 12.1 Å².